The number of rotatable bonds is 7. The zero-order chi connectivity index (χ0) is 9.40. The first-order valence-corrected chi connectivity index (χ1v) is 5.48. The lowest BCUT2D eigenvalue weighted by Gasteiger charge is -2.19. The van der Waals surface area contributed by atoms with Crippen molar-refractivity contribution in [3.63, 3.8) is 0 Å². The molecule has 0 radical (unpaired) electrons. The fourth-order valence-electron chi connectivity index (χ4n) is 1.30. The summed E-state index contributed by atoms with van der Waals surface area (Å²) in [6.07, 6.45) is 3.97. The van der Waals surface area contributed by atoms with E-state index >= 15 is 0 Å². The molecule has 0 aliphatic rings. The SMILES string of the molecule is CCCCCN(C)CC(C)CCl. The summed E-state index contributed by atoms with van der Waals surface area (Å²) < 4.78 is 0. The molecule has 0 saturated heterocycles. The van der Waals surface area contributed by atoms with Gasteiger partial charge in [0, 0.05) is 12.4 Å². The van der Waals surface area contributed by atoms with Crippen LogP contribution in [0.1, 0.15) is 33.1 Å². The molecular weight excluding hydrogens is 170 g/mol. The van der Waals surface area contributed by atoms with Crippen LogP contribution < -0.4 is 0 Å². The largest absolute Gasteiger partial charge is 0.306 e. The minimum atomic E-state index is 0.623. The average Bonchev–Trinajstić information content (AvgIpc) is 2.05. The fourth-order valence-corrected chi connectivity index (χ4v) is 1.40. The van der Waals surface area contributed by atoms with Crippen molar-refractivity contribution in [2.24, 2.45) is 5.92 Å². The number of alkyl halides is 1. The Morgan fingerprint density at radius 2 is 2.00 bits per heavy atom. The molecule has 0 saturated carbocycles. The molecule has 0 amide bonds. The average molecular weight is 192 g/mol. The first kappa shape index (κ1) is 12.2. The summed E-state index contributed by atoms with van der Waals surface area (Å²) >= 11 is 5.73. The molecule has 1 atom stereocenters. The van der Waals surface area contributed by atoms with Crippen molar-refractivity contribution in [2.45, 2.75) is 33.1 Å². The van der Waals surface area contributed by atoms with Gasteiger partial charge >= 0.3 is 0 Å². The lowest BCUT2D eigenvalue weighted by Crippen LogP contribution is -2.26. The normalized spacial score (nSPS) is 13.8. The fraction of sp³-hybridized carbons (Fsp3) is 1.00. The highest BCUT2D eigenvalue weighted by Crippen LogP contribution is 2.02. The van der Waals surface area contributed by atoms with Crippen molar-refractivity contribution >= 4 is 11.6 Å². The van der Waals surface area contributed by atoms with Crippen molar-refractivity contribution in [3.8, 4) is 0 Å². The third-order valence-electron chi connectivity index (χ3n) is 2.03. The quantitative estimate of drug-likeness (QED) is 0.442. The highest BCUT2D eigenvalue weighted by molar-refractivity contribution is 6.18. The zero-order valence-corrected chi connectivity index (χ0v) is 9.40. The van der Waals surface area contributed by atoms with Crippen LogP contribution >= 0.6 is 11.6 Å². The molecule has 0 bridgehead atoms. The lowest BCUT2D eigenvalue weighted by molar-refractivity contribution is 0.291. The van der Waals surface area contributed by atoms with Crippen LogP contribution in [0.4, 0.5) is 0 Å². The van der Waals surface area contributed by atoms with Gasteiger partial charge < -0.3 is 4.90 Å². The van der Waals surface area contributed by atoms with Gasteiger partial charge in [0.05, 0.1) is 0 Å². The number of hydrogen-bond donors (Lipinski definition) is 0. The van der Waals surface area contributed by atoms with Gasteiger partial charge in [-0.1, -0.05) is 26.7 Å². The van der Waals surface area contributed by atoms with Gasteiger partial charge in [-0.05, 0) is 25.9 Å². The van der Waals surface area contributed by atoms with E-state index in [9.17, 15) is 0 Å². The molecule has 0 spiro atoms. The molecule has 0 N–H and O–H groups in total. The van der Waals surface area contributed by atoms with E-state index in [1.165, 1.54) is 25.8 Å². The van der Waals surface area contributed by atoms with Crippen LogP contribution in [0.2, 0.25) is 0 Å². The molecular formula is C10H22ClN. The Hall–Kier alpha value is 0.250. The zero-order valence-electron chi connectivity index (χ0n) is 8.65. The second kappa shape index (κ2) is 7.88. The van der Waals surface area contributed by atoms with Crippen LogP contribution in [0.5, 0.6) is 0 Å². The standard InChI is InChI=1S/C10H22ClN/c1-4-5-6-7-12(3)9-10(2)8-11/h10H,4-9H2,1-3H3. The highest BCUT2D eigenvalue weighted by Gasteiger charge is 2.03. The molecule has 0 heterocycles. The van der Waals surface area contributed by atoms with Gasteiger partial charge in [0.1, 0.15) is 0 Å². The Balaban J connectivity index is 3.26. The van der Waals surface area contributed by atoms with Crippen LogP contribution in [0.15, 0.2) is 0 Å². The van der Waals surface area contributed by atoms with Crippen LogP contribution in [0.25, 0.3) is 0 Å². The van der Waals surface area contributed by atoms with Crippen molar-refractivity contribution in [1.29, 1.82) is 0 Å². The van der Waals surface area contributed by atoms with E-state index in [0.717, 1.165) is 12.4 Å². The third kappa shape index (κ3) is 6.93. The van der Waals surface area contributed by atoms with Gasteiger partial charge in [-0.3, -0.25) is 0 Å². The monoisotopic (exact) mass is 191 g/mol. The van der Waals surface area contributed by atoms with Crippen molar-refractivity contribution in [2.75, 3.05) is 26.0 Å². The molecule has 0 aliphatic carbocycles. The Labute approximate surface area is 82.1 Å². The van der Waals surface area contributed by atoms with Crippen LogP contribution in [-0.2, 0) is 0 Å². The molecule has 12 heavy (non-hydrogen) atoms. The molecule has 1 nitrogen and oxygen atoms in total. The predicted octanol–water partition coefficient (Wildman–Crippen LogP) is 2.98. The maximum Gasteiger partial charge on any atom is 0.0261 e. The molecule has 74 valence electrons. The minimum Gasteiger partial charge on any atom is -0.306 e. The Morgan fingerprint density at radius 3 is 2.50 bits per heavy atom. The topological polar surface area (TPSA) is 3.24 Å². The summed E-state index contributed by atoms with van der Waals surface area (Å²) in [4.78, 5) is 2.38. The number of halogens is 1. The first-order chi connectivity index (χ1) is 5.70. The molecule has 0 aliphatic heterocycles. The second-order valence-corrected chi connectivity index (χ2v) is 4.04. The Bertz CT molecular complexity index is 95.8. The van der Waals surface area contributed by atoms with Gasteiger partial charge in [0.15, 0.2) is 0 Å². The maximum absolute atomic E-state index is 5.73. The van der Waals surface area contributed by atoms with Gasteiger partial charge in [0.25, 0.3) is 0 Å². The van der Waals surface area contributed by atoms with E-state index in [4.69, 9.17) is 11.6 Å². The first-order valence-electron chi connectivity index (χ1n) is 4.95. The van der Waals surface area contributed by atoms with Gasteiger partial charge in [0.2, 0.25) is 0 Å². The van der Waals surface area contributed by atoms with Crippen LogP contribution in [0, 0.1) is 5.92 Å². The van der Waals surface area contributed by atoms with Crippen molar-refractivity contribution < 1.29 is 0 Å². The predicted molar refractivity (Wildman–Crippen MR) is 56.9 cm³/mol. The molecule has 0 aromatic carbocycles. The summed E-state index contributed by atoms with van der Waals surface area (Å²) in [6, 6.07) is 0. The second-order valence-electron chi connectivity index (χ2n) is 3.73. The van der Waals surface area contributed by atoms with E-state index < -0.39 is 0 Å². The van der Waals surface area contributed by atoms with Crippen molar-refractivity contribution in [1.82, 2.24) is 4.90 Å². The lowest BCUT2D eigenvalue weighted by atomic mass is 10.2. The number of hydrogen-bond acceptors (Lipinski definition) is 1. The molecule has 0 rings (SSSR count). The van der Waals surface area contributed by atoms with Gasteiger partial charge in [-0.15, -0.1) is 11.6 Å². The summed E-state index contributed by atoms with van der Waals surface area (Å²) in [6.45, 7) is 6.78. The van der Waals surface area contributed by atoms with Gasteiger partial charge in [-0.25, -0.2) is 0 Å². The van der Waals surface area contributed by atoms with E-state index in [2.05, 4.69) is 25.8 Å². The molecule has 0 aromatic heterocycles. The Morgan fingerprint density at radius 1 is 1.33 bits per heavy atom. The van der Waals surface area contributed by atoms with Crippen LogP contribution in [-0.4, -0.2) is 30.9 Å². The highest BCUT2D eigenvalue weighted by atomic mass is 35.5. The molecule has 2 heteroatoms. The van der Waals surface area contributed by atoms with E-state index in [0.29, 0.717) is 5.92 Å². The summed E-state index contributed by atoms with van der Waals surface area (Å²) in [5.41, 5.74) is 0. The van der Waals surface area contributed by atoms with E-state index in [-0.39, 0.29) is 0 Å². The third-order valence-corrected chi connectivity index (χ3v) is 2.56. The summed E-state index contributed by atoms with van der Waals surface area (Å²) in [5.74, 6) is 1.40. The maximum atomic E-state index is 5.73. The van der Waals surface area contributed by atoms with Gasteiger partial charge in [-0.2, -0.15) is 0 Å². The van der Waals surface area contributed by atoms with Crippen molar-refractivity contribution in [3.05, 3.63) is 0 Å². The molecule has 1 unspecified atom stereocenters. The molecule has 0 fully saturated rings. The van der Waals surface area contributed by atoms with E-state index in [1.807, 2.05) is 0 Å². The smallest absolute Gasteiger partial charge is 0.0261 e. The van der Waals surface area contributed by atoms with Crippen LogP contribution in [0.3, 0.4) is 0 Å². The minimum absolute atomic E-state index is 0.623. The number of unbranched alkanes of at least 4 members (excludes halogenated alkanes) is 2. The summed E-state index contributed by atoms with van der Waals surface area (Å²) in [7, 11) is 2.18. The summed E-state index contributed by atoms with van der Waals surface area (Å²) in [5, 5.41) is 0. The molecule has 0 aromatic rings. The van der Waals surface area contributed by atoms with E-state index in [1.54, 1.807) is 0 Å². The Kier molecular flexibility index (Phi) is 8.04. The number of nitrogens with zero attached hydrogens (tertiary/aromatic N) is 1.